The van der Waals surface area contributed by atoms with E-state index in [1.165, 1.54) is 15.6 Å². The van der Waals surface area contributed by atoms with Crippen LogP contribution in [0.3, 0.4) is 0 Å². The van der Waals surface area contributed by atoms with Gasteiger partial charge >= 0.3 is 0 Å². The Hall–Kier alpha value is -0.940. The Kier molecular flexibility index (Phi) is 4.72. The minimum Gasteiger partial charge on any atom is -0.382 e. The Labute approximate surface area is 112 Å². The standard InChI is InChI=1S/C14H20N2OS/c1-10(17-2)6-7-13(16-15)12-5-3-4-11-8-9-18-14(11)12/h3-5,8-10,13,16H,6-7,15H2,1-2H3. The maximum absolute atomic E-state index is 5.71. The highest BCUT2D eigenvalue weighted by molar-refractivity contribution is 7.17. The number of nitrogens with two attached hydrogens (primary N) is 1. The van der Waals surface area contributed by atoms with Gasteiger partial charge in [-0.2, -0.15) is 0 Å². The van der Waals surface area contributed by atoms with Crippen molar-refractivity contribution in [2.24, 2.45) is 5.84 Å². The largest absolute Gasteiger partial charge is 0.382 e. The summed E-state index contributed by atoms with van der Waals surface area (Å²) in [5.41, 5.74) is 4.22. The lowest BCUT2D eigenvalue weighted by Crippen LogP contribution is -2.28. The molecule has 2 atom stereocenters. The zero-order valence-corrected chi connectivity index (χ0v) is 11.7. The highest BCUT2D eigenvalue weighted by Crippen LogP contribution is 2.30. The molecule has 0 saturated heterocycles. The molecule has 2 aromatic rings. The van der Waals surface area contributed by atoms with Gasteiger partial charge in [0.05, 0.1) is 6.10 Å². The first-order valence-electron chi connectivity index (χ1n) is 6.21. The monoisotopic (exact) mass is 264 g/mol. The highest BCUT2D eigenvalue weighted by Gasteiger charge is 2.14. The number of fused-ring (bicyclic) bond motifs is 1. The molecule has 2 unspecified atom stereocenters. The Morgan fingerprint density at radius 3 is 2.89 bits per heavy atom. The molecule has 0 aliphatic rings. The summed E-state index contributed by atoms with van der Waals surface area (Å²) in [6, 6.07) is 8.72. The minimum absolute atomic E-state index is 0.185. The summed E-state index contributed by atoms with van der Waals surface area (Å²) in [7, 11) is 1.75. The van der Waals surface area contributed by atoms with E-state index in [2.05, 4.69) is 42.0 Å². The van der Waals surface area contributed by atoms with Crippen LogP contribution in [0, 0.1) is 0 Å². The van der Waals surface area contributed by atoms with Crippen LogP contribution >= 0.6 is 11.3 Å². The van der Waals surface area contributed by atoms with Crippen molar-refractivity contribution >= 4 is 21.4 Å². The van der Waals surface area contributed by atoms with Gasteiger partial charge in [0.25, 0.3) is 0 Å². The van der Waals surface area contributed by atoms with Crippen molar-refractivity contribution in [3.8, 4) is 0 Å². The van der Waals surface area contributed by atoms with Gasteiger partial charge in [0.15, 0.2) is 0 Å². The van der Waals surface area contributed by atoms with Gasteiger partial charge < -0.3 is 4.74 Å². The molecule has 4 heteroatoms. The van der Waals surface area contributed by atoms with Gasteiger partial charge in [-0.25, -0.2) is 0 Å². The van der Waals surface area contributed by atoms with E-state index in [1.807, 2.05) is 0 Å². The smallest absolute Gasteiger partial charge is 0.0543 e. The number of methoxy groups -OCH3 is 1. The second-order valence-electron chi connectivity index (χ2n) is 4.53. The molecule has 0 spiro atoms. The summed E-state index contributed by atoms with van der Waals surface area (Å²) in [6.45, 7) is 2.08. The molecular weight excluding hydrogens is 244 g/mol. The first kappa shape index (κ1) is 13.5. The Morgan fingerprint density at radius 1 is 1.33 bits per heavy atom. The molecule has 98 valence electrons. The molecule has 0 fully saturated rings. The lowest BCUT2D eigenvalue weighted by molar-refractivity contribution is 0.106. The minimum atomic E-state index is 0.185. The highest BCUT2D eigenvalue weighted by atomic mass is 32.1. The van der Waals surface area contributed by atoms with Crippen molar-refractivity contribution in [2.75, 3.05) is 7.11 Å². The maximum Gasteiger partial charge on any atom is 0.0543 e. The Morgan fingerprint density at radius 2 is 2.17 bits per heavy atom. The number of hydrogen-bond acceptors (Lipinski definition) is 4. The van der Waals surface area contributed by atoms with E-state index in [0.29, 0.717) is 0 Å². The zero-order chi connectivity index (χ0) is 13.0. The Balaban J connectivity index is 2.19. The molecule has 1 aromatic heterocycles. The third-order valence-corrected chi connectivity index (χ3v) is 4.33. The van der Waals surface area contributed by atoms with Gasteiger partial charge in [-0.3, -0.25) is 11.3 Å². The van der Waals surface area contributed by atoms with Gasteiger partial charge in [0.2, 0.25) is 0 Å². The zero-order valence-electron chi connectivity index (χ0n) is 10.8. The molecule has 3 N–H and O–H groups in total. The summed E-state index contributed by atoms with van der Waals surface area (Å²) in [6.07, 6.45) is 2.23. The van der Waals surface area contributed by atoms with Crippen LogP contribution in [0.25, 0.3) is 10.1 Å². The average molecular weight is 264 g/mol. The summed E-state index contributed by atoms with van der Waals surface area (Å²) >= 11 is 1.77. The predicted molar refractivity (Wildman–Crippen MR) is 77.6 cm³/mol. The average Bonchev–Trinajstić information content (AvgIpc) is 2.88. The number of hydrazine groups is 1. The predicted octanol–water partition coefficient (Wildman–Crippen LogP) is 3.22. The van der Waals surface area contributed by atoms with Gasteiger partial charge in [-0.15, -0.1) is 11.3 Å². The quantitative estimate of drug-likeness (QED) is 0.622. The van der Waals surface area contributed by atoms with Crippen LogP contribution in [0.5, 0.6) is 0 Å². The fourth-order valence-electron chi connectivity index (χ4n) is 2.14. The molecular formula is C14H20N2OS. The van der Waals surface area contributed by atoms with Gasteiger partial charge in [0, 0.05) is 17.9 Å². The summed E-state index contributed by atoms with van der Waals surface area (Å²) in [4.78, 5) is 0. The number of rotatable bonds is 6. The summed E-state index contributed by atoms with van der Waals surface area (Å²) in [5.74, 6) is 5.71. The van der Waals surface area contributed by atoms with E-state index in [-0.39, 0.29) is 12.1 Å². The van der Waals surface area contributed by atoms with E-state index >= 15 is 0 Å². The van der Waals surface area contributed by atoms with Crippen LogP contribution < -0.4 is 11.3 Å². The fourth-order valence-corrected chi connectivity index (χ4v) is 3.11. The number of benzene rings is 1. The second-order valence-corrected chi connectivity index (χ2v) is 5.45. The number of thiophene rings is 1. The molecule has 1 heterocycles. The van der Waals surface area contributed by atoms with Gasteiger partial charge in [0.1, 0.15) is 0 Å². The van der Waals surface area contributed by atoms with Crippen molar-refractivity contribution in [1.29, 1.82) is 0 Å². The van der Waals surface area contributed by atoms with Crippen molar-refractivity contribution in [3.05, 3.63) is 35.2 Å². The van der Waals surface area contributed by atoms with Crippen molar-refractivity contribution in [2.45, 2.75) is 31.9 Å². The topological polar surface area (TPSA) is 47.3 Å². The van der Waals surface area contributed by atoms with E-state index in [0.717, 1.165) is 12.8 Å². The van der Waals surface area contributed by atoms with Crippen LogP contribution in [0.1, 0.15) is 31.4 Å². The van der Waals surface area contributed by atoms with Crippen molar-refractivity contribution < 1.29 is 4.74 Å². The number of hydrogen-bond donors (Lipinski definition) is 2. The van der Waals surface area contributed by atoms with Crippen molar-refractivity contribution in [3.63, 3.8) is 0 Å². The second kappa shape index (κ2) is 6.29. The third kappa shape index (κ3) is 2.90. The Bertz CT molecular complexity index is 497. The molecule has 0 bridgehead atoms. The maximum atomic E-state index is 5.71. The summed E-state index contributed by atoms with van der Waals surface area (Å²) in [5, 5.41) is 3.41. The SMILES string of the molecule is COC(C)CCC(NN)c1cccc2ccsc12. The molecule has 0 saturated carbocycles. The number of nitrogens with one attached hydrogen (secondary N) is 1. The lowest BCUT2D eigenvalue weighted by atomic mass is 10.00. The van der Waals surface area contributed by atoms with Crippen LogP contribution in [-0.4, -0.2) is 13.2 Å². The summed E-state index contributed by atoms with van der Waals surface area (Å²) < 4.78 is 6.61. The molecule has 2 rings (SSSR count). The normalized spacial score (nSPS) is 14.8. The van der Waals surface area contributed by atoms with E-state index < -0.39 is 0 Å². The number of ether oxygens (including phenoxy) is 1. The third-order valence-electron chi connectivity index (χ3n) is 3.35. The van der Waals surface area contributed by atoms with Crippen LogP contribution in [-0.2, 0) is 4.74 Å². The van der Waals surface area contributed by atoms with Crippen molar-refractivity contribution in [1.82, 2.24) is 5.43 Å². The first-order chi connectivity index (χ1) is 8.76. The van der Waals surface area contributed by atoms with E-state index in [1.54, 1.807) is 18.4 Å². The van der Waals surface area contributed by atoms with E-state index in [4.69, 9.17) is 10.6 Å². The molecule has 1 aromatic carbocycles. The lowest BCUT2D eigenvalue weighted by Gasteiger charge is -2.19. The molecule has 0 amide bonds. The molecule has 3 nitrogen and oxygen atoms in total. The molecule has 0 aliphatic carbocycles. The molecule has 0 radical (unpaired) electrons. The van der Waals surface area contributed by atoms with Crippen LogP contribution in [0.15, 0.2) is 29.6 Å². The fraction of sp³-hybridized carbons (Fsp3) is 0.429. The van der Waals surface area contributed by atoms with Gasteiger partial charge in [-0.1, -0.05) is 18.2 Å². The first-order valence-corrected chi connectivity index (χ1v) is 7.09. The molecule has 18 heavy (non-hydrogen) atoms. The van der Waals surface area contributed by atoms with Crippen LogP contribution in [0.2, 0.25) is 0 Å². The molecule has 0 aliphatic heterocycles. The van der Waals surface area contributed by atoms with Gasteiger partial charge in [-0.05, 0) is 42.2 Å². The van der Waals surface area contributed by atoms with E-state index in [9.17, 15) is 0 Å². The van der Waals surface area contributed by atoms with Crippen LogP contribution in [0.4, 0.5) is 0 Å².